The second-order valence-electron chi connectivity index (χ2n) is 9.53. The van der Waals surface area contributed by atoms with E-state index in [0.717, 1.165) is 22.8 Å². The van der Waals surface area contributed by atoms with Crippen LogP contribution in [-0.4, -0.2) is 61.7 Å². The van der Waals surface area contributed by atoms with Crippen LogP contribution in [0.15, 0.2) is 47.6 Å². The summed E-state index contributed by atoms with van der Waals surface area (Å²) in [6, 6.07) is 7.89. The lowest BCUT2D eigenvalue weighted by Crippen LogP contribution is -2.42. The maximum atomic E-state index is 13.3. The number of aryl methyl sites for hydroxylation is 1. The highest BCUT2D eigenvalue weighted by molar-refractivity contribution is 7.90. The molecule has 1 saturated heterocycles. The number of benzene rings is 1. The summed E-state index contributed by atoms with van der Waals surface area (Å²) in [5, 5.41) is 13.9. The first kappa shape index (κ1) is 27.0. The standard InChI is InChI=1S/C23H29N5O7S2/c1-17-4-6-18(7-5-17)37(33,34)27-12-8-19-21(20(28(29)30)16-24-22(19)27)25-26-13-9-23(2,10-14-26)11-15-36(31,32)35-3/h4-8,12,16H,9-11,13-15H2,1-3H3,(H,24,25). The van der Waals surface area contributed by atoms with Crippen molar-refractivity contribution in [1.82, 2.24) is 14.0 Å². The van der Waals surface area contributed by atoms with Gasteiger partial charge in [-0.05, 0) is 49.8 Å². The van der Waals surface area contributed by atoms with E-state index in [1.165, 1.54) is 24.4 Å². The molecule has 0 radical (unpaired) electrons. The van der Waals surface area contributed by atoms with Crippen LogP contribution >= 0.6 is 0 Å². The van der Waals surface area contributed by atoms with E-state index in [4.69, 9.17) is 0 Å². The average Bonchev–Trinajstić information content (AvgIpc) is 3.30. The fraction of sp³-hybridized carbons (Fsp3) is 0.435. The van der Waals surface area contributed by atoms with Crippen LogP contribution < -0.4 is 5.43 Å². The number of rotatable bonds is 9. The number of piperidine rings is 1. The number of hydrazine groups is 1. The van der Waals surface area contributed by atoms with Crippen molar-refractivity contribution in [3.63, 3.8) is 0 Å². The van der Waals surface area contributed by atoms with Crippen molar-refractivity contribution in [3.8, 4) is 0 Å². The average molecular weight is 552 g/mol. The summed E-state index contributed by atoms with van der Waals surface area (Å²) >= 11 is 0. The Balaban J connectivity index is 1.61. The number of hydrogen-bond donors (Lipinski definition) is 1. The Hall–Kier alpha value is -3.07. The highest BCUT2D eigenvalue weighted by Crippen LogP contribution is 2.38. The number of nitro groups is 1. The summed E-state index contributed by atoms with van der Waals surface area (Å²) in [5.74, 6) is -0.0765. The lowest BCUT2D eigenvalue weighted by Gasteiger charge is -2.39. The van der Waals surface area contributed by atoms with Crippen molar-refractivity contribution in [2.75, 3.05) is 31.4 Å². The largest absolute Gasteiger partial charge is 0.312 e. The molecule has 12 nitrogen and oxygen atoms in total. The van der Waals surface area contributed by atoms with Crippen LogP contribution in [0.4, 0.5) is 11.4 Å². The minimum Gasteiger partial charge on any atom is -0.312 e. The first-order chi connectivity index (χ1) is 17.3. The van der Waals surface area contributed by atoms with Gasteiger partial charge in [0.15, 0.2) is 5.65 Å². The molecular formula is C23H29N5O7S2. The molecular weight excluding hydrogens is 522 g/mol. The normalized spacial score (nSPS) is 16.6. The Kier molecular flexibility index (Phi) is 7.29. The highest BCUT2D eigenvalue weighted by Gasteiger charge is 2.33. The maximum absolute atomic E-state index is 13.3. The Morgan fingerprint density at radius 3 is 2.38 bits per heavy atom. The molecule has 1 aliphatic rings. The second kappa shape index (κ2) is 10.0. The summed E-state index contributed by atoms with van der Waals surface area (Å²) in [5.41, 5.74) is 3.73. The molecule has 200 valence electrons. The summed E-state index contributed by atoms with van der Waals surface area (Å²) < 4.78 is 55.6. The number of fused-ring (bicyclic) bond motifs is 1. The molecule has 1 N–H and O–H groups in total. The second-order valence-corrected chi connectivity index (χ2v) is 13.2. The van der Waals surface area contributed by atoms with Gasteiger partial charge >= 0.3 is 5.69 Å². The van der Waals surface area contributed by atoms with E-state index in [-0.39, 0.29) is 33.1 Å². The van der Waals surface area contributed by atoms with Crippen molar-refractivity contribution in [2.45, 2.75) is 38.0 Å². The van der Waals surface area contributed by atoms with Crippen molar-refractivity contribution >= 4 is 42.5 Å². The molecule has 37 heavy (non-hydrogen) atoms. The molecule has 2 aromatic heterocycles. The molecule has 0 unspecified atom stereocenters. The summed E-state index contributed by atoms with van der Waals surface area (Å²) in [4.78, 5) is 15.4. The smallest absolute Gasteiger partial charge is 0.312 e. The van der Waals surface area contributed by atoms with Gasteiger partial charge in [0, 0.05) is 19.3 Å². The van der Waals surface area contributed by atoms with Crippen LogP contribution in [0.3, 0.4) is 0 Å². The minimum atomic E-state index is -3.97. The van der Waals surface area contributed by atoms with Gasteiger partial charge in [-0.1, -0.05) is 24.6 Å². The van der Waals surface area contributed by atoms with Gasteiger partial charge in [-0.25, -0.2) is 22.4 Å². The molecule has 1 aliphatic heterocycles. The molecule has 1 aromatic carbocycles. The van der Waals surface area contributed by atoms with Crippen LogP contribution in [0.2, 0.25) is 0 Å². The number of aromatic nitrogens is 2. The number of hydrogen-bond acceptors (Lipinski definition) is 10. The molecule has 0 aliphatic carbocycles. The van der Waals surface area contributed by atoms with Gasteiger partial charge in [-0.3, -0.25) is 14.3 Å². The zero-order valence-corrected chi connectivity index (χ0v) is 22.4. The van der Waals surface area contributed by atoms with E-state index in [9.17, 15) is 26.9 Å². The van der Waals surface area contributed by atoms with Gasteiger partial charge in [0.2, 0.25) is 0 Å². The number of nitrogens with one attached hydrogen (secondary N) is 1. The van der Waals surface area contributed by atoms with Crippen molar-refractivity contribution < 1.29 is 25.9 Å². The van der Waals surface area contributed by atoms with E-state index in [2.05, 4.69) is 14.6 Å². The van der Waals surface area contributed by atoms with Crippen LogP contribution in [0.1, 0.15) is 31.7 Å². The third kappa shape index (κ3) is 5.61. The van der Waals surface area contributed by atoms with E-state index in [1.807, 2.05) is 18.9 Å². The molecule has 3 heterocycles. The predicted molar refractivity (Wildman–Crippen MR) is 138 cm³/mol. The SMILES string of the molecule is COS(=O)(=O)CCC1(C)CCN(Nc2c([N+](=O)[O-])cnc3c2ccn3S(=O)(=O)c2ccc(C)cc2)CC1. The number of anilines is 1. The summed E-state index contributed by atoms with van der Waals surface area (Å²) in [6.45, 7) is 4.88. The van der Waals surface area contributed by atoms with Crippen molar-refractivity contribution in [1.29, 1.82) is 0 Å². The van der Waals surface area contributed by atoms with Gasteiger partial charge < -0.3 is 5.43 Å². The first-order valence-electron chi connectivity index (χ1n) is 11.6. The lowest BCUT2D eigenvalue weighted by molar-refractivity contribution is -0.384. The monoisotopic (exact) mass is 551 g/mol. The van der Waals surface area contributed by atoms with Gasteiger partial charge in [-0.15, -0.1) is 0 Å². The Morgan fingerprint density at radius 2 is 1.78 bits per heavy atom. The van der Waals surface area contributed by atoms with Crippen LogP contribution in [0.5, 0.6) is 0 Å². The molecule has 4 rings (SSSR count). The van der Waals surface area contributed by atoms with Gasteiger partial charge in [0.1, 0.15) is 11.9 Å². The molecule has 0 atom stereocenters. The molecule has 0 spiro atoms. The molecule has 0 saturated carbocycles. The van der Waals surface area contributed by atoms with Crippen LogP contribution in [0, 0.1) is 22.5 Å². The van der Waals surface area contributed by atoms with E-state index < -0.39 is 25.1 Å². The lowest BCUT2D eigenvalue weighted by atomic mass is 9.78. The van der Waals surface area contributed by atoms with Crippen LogP contribution in [-0.2, 0) is 24.3 Å². The van der Waals surface area contributed by atoms with E-state index in [0.29, 0.717) is 37.7 Å². The fourth-order valence-corrected chi connectivity index (χ4v) is 6.56. The Morgan fingerprint density at radius 1 is 1.14 bits per heavy atom. The van der Waals surface area contributed by atoms with Crippen molar-refractivity contribution in [2.24, 2.45) is 5.41 Å². The highest BCUT2D eigenvalue weighted by atomic mass is 32.2. The molecule has 0 bridgehead atoms. The van der Waals surface area contributed by atoms with Crippen LogP contribution in [0.25, 0.3) is 11.0 Å². The topological polar surface area (TPSA) is 154 Å². The minimum absolute atomic E-state index is 0.0697. The fourth-order valence-electron chi connectivity index (χ4n) is 4.35. The molecule has 1 fully saturated rings. The number of pyridine rings is 1. The quantitative estimate of drug-likeness (QED) is 0.238. The Labute approximate surface area is 215 Å². The predicted octanol–water partition coefficient (Wildman–Crippen LogP) is 3.29. The molecule has 0 amide bonds. The van der Waals surface area contributed by atoms with Gasteiger partial charge in [0.05, 0.1) is 28.1 Å². The Bertz CT molecular complexity index is 1530. The maximum Gasteiger partial charge on any atom is 0.312 e. The molecule has 14 heteroatoms. The number of nitrogens with zero attached hydrogens (tertiary/aromatic N) is 4. The third-order valence-corrected chi connectivity index (χ3v) is 9.78. The third-order valence-electron chi connectivity index (χ3n) is 6.89. The van der Waals surface area contributed by atoms with Crippen molar-refractivity contribution in [3.05, 3.63) is 58.4 Å². The first-order valence-corrected chi connectivity index (χ1v) is 14.6. The van der Waals surface area contributed by atoms with Gasteiger partial charge in [-0.2, -0.15) is 8.42 Å². The summed E-state index contributed by atoms with van der Waals surface area (Å²) in [6.07, 6.45) is 4.14. The zero-order chi connectivity index (χ0) is 27.0. The van der Waals surface area contributed by atoms with E-state index in [1.54, 1.807) is 12.1 Å². The summed E-state index contributed by atoms with van der Waals surface area (Å²) in [7, 11) is -6.38. The zero-order valence-electron chi connectivity index (χ0n) is 20.7. The van der Waals surface area contributed by atoms with E-state index >= 15 is 0 Å². The molecule has 3 aromatic rings. The van der Waals surface area contributed by atoms with Gasteiger partial charge in [0.25, 0.3) is 20.1 Å².